The van der Waals surface area contributed by atoms with Crippen LogP contribution in [-0.2, 0) is 0 Å². The van der Waals surface area contributed by atoms with Crippen LogP contribution in [0.4, 0.5) is 11.4 Å². The number of rotatable bonds is 3. The first-order chi connectivity index (χ1) is 9.74. The standard InChI is InChI=1S/C16H15N3S/c1-19(2)13-5-3-12(4-6-13)11-18-15-7-9-17-16-14(15)8-10-20-16/h3-11H,1-2H3. The Morgan fingerprint density at radius 2 is 1.90 bits per heavy atom. The fourth-order valence-electron chi connectivity index (χ4n) is 1.98. The van der Waals surface area contributed by atoms with Crippen LogP contribution in [0.2, 0.25) is 0 Å². The summed E-state index contributed by atoms with van der Waals surface area (Å²) in [4.78, 5) is 12.0. The Labute approximate surface area is 122 Å². The van der Waals surface area contributed by atoms with E-state index in [2.05, 4.69) is 45.2 Å². The van der Waals surface area contributed by atoms with Gasteiger partial charge in [-0.25, -0.2) is 4.98 Å². The molecule has 0 saturated carbocycles. The molecule has 0 bridgehead atoms. The lowest BCUT2D eigenvalue weighted by atomic mass is 10.2. The minimum Gasteiger partial charge on any atom is -0.378 e. The van der Waals surface area contributed by atoms with Crippen molar-refractivity contribution in [1.29, 1.82) is 0 Å². The molecule has 2 aromatic heterocycles. The minimum absolute atomic E-state index is 0.966. The summed E-state index contributed by atoms with van der Waals surface area (Å²) in [5.74, 6) is 0. The molecular formula is C16H15N3S. The molecule has 0 unspecified atom stereocenters. The third-order valence-electron chi connectivity index (χ3n) is 3.11. The number of benzene rings is 1. The van der Waals surface area contributed by atoms with Crippen molar-refractivity contribution < 1.29 is 0 Å². The van der Waals surface area contributed by atoms with E-state index in [0.717, 1.165) is 21.5 Å². The van der Waals surface area contributed by atoms with E-state index in [4.69, 9.17) is 0 Å². The predicted octanol–water partition coefficient (Wildman–Crippen LogP) is 4.11. The summed E-state index contributed by atoms with van der Waals surface area (Å²) < 4.78 is 0. The molecule has 100 valence electrons. The van der Waals surface area contributed by atoms with E-state index in [1.807, 2.05) is 31.8 Å². The molecule has 0 aliphatic carbocycles. The van der Waals surface area contributed by atoms with Crippen LogP contribution in [0.5, 0.6) is 0 Å². The number of anilines is 1. The van der Waals surface area contributed by atoms with Crippen LogP contribution in [0.25, 0.3) is 10.2 Å². The van der Waals surface area contributed by atoms with Crippen molar-refractivity contribution in [2.45, 2.75) is 0 Å². The first kappa shape index (κ1) is 12.8. The van der Waals surface area contributed by atoms with Crippen molar-refractivity contribution in [3.63, 3.8) is 0 Å². The maximum absolute atomic E-state index is 4.58. The molecule has 0 aliphatic rings. The van der Waals surface area contributed by atoms with Gasteiger partial charge in [0.2, 0.25) is 0 Å². The van der Waals surface area contributed by atoms with E-state index < -0.39 is 0 Å². The fourth-order valence-corrected chi connectivity index (χ4v) is 2.73. The Morgan fingerprint density at radius 1 is 1.10 bits per heavy atom. The van der Waals surface area contributed by atoms with Gasteiger partial charge in [-0.3, -0.25) is 4.99 Å². The van der Waals surface area contributed by atoms with Crippen LogP contribution >= 0.6 is 11.3 Å². The molecule has 0 N–H and O–H groups in total. The average molecular weight is 281 g/mol. The van der Waals surface area contributed by atoms with Gasteiger partial charge in [0, 0.05) is 37.6 Å². The number of aromatic nitrogens is 1. The quantitative estimate of drug-likeness (QED) is 0.676. The molecule has 4 heteroatoms. The Hall–Kier alpha value is -2.20. The summed E-state index contributed by atoms with van der Waals surface area (Å²) >= 11 is 1.64. The van der Waals surface area contributed by atoms with Gasteiger partial charge >= 0.3 is 0 Å². The second-order valence-corrected chi connectivity index (χ2v) is 5.61. The lowest BCUT2D eigenvalue weighted by Crippen LogP contribution is -2.08. The number of hydrogen-bond donors (Lipinski definition) is 0. The Morgan fingerprint density at radius 3 is 2.65 bits per heavy atom. The first-order valence-corrected chi connectivity index (χ1v) is 7.26. The van der Waals surface area contributed by atoms with Crippen LogP contribution in [0.15, 0.2) is 53.0 Å². The maximum atomic E-state index is 4.58. The summed E-state index contributed by atoms with van der Waals surface area (Å²) in [6.07, 6.45) is 3.70. The number of aliphatic imine (C=N–C) groups is 1. The third-order valence-corrected chi connectivity index (χ3v) is 3.93. The van der Waals surface area contributed by atoms with Crippen molar-refractivity contribution in [3.05, 3.63) is 53.5 Å². The summed E-state index contributed by atoms with van der Waals surface area (Å²) in [5.41, 5.74) is 3.25. The third kappa shape index (κ3) is 2.56. The lowest BCUT2D eigenvalue weighted by Gasteiger charge is -2.11. The van der Waals surface area contributed by atoms with Crippen molar-refractivity contribution >= 4 is 39.1 Å². The monoisotopic (exact) mass is 281 g/mol. The van der Waals surface area contributed by atoms with Crippen molar-refractivity contribution in [2.24, 2.45) is 4.99 Å². The minimum atomic E-state index is 0.966. The molecule has 1 aromatic carbocycles. The summed E-state index contributed by atoms with van der Waals surface area (Å²) in [6, 6.07) is 12.3. The van der Waals surface area contributed by atoms with Crippen LogP contribution in [0, 0.1) is 0 Å². The summed E-state index contributed by atoms with van der Waals surface area (Å²) in [5, 5.41) is 3.15. The van der Waals surface area contributed by atoms with Gasteiger partial charge in [0.25, 0.3) is 0 Å². The van der Waals surface area contributed by atoms with Gasteiger partial charge in [-0.15, -0.1) is 11.3 Å². The van der Waals surface area contributed by atoms with Gasteiger partial charge in [0.05, 0.1) is 5.69 Å². The molecule has 0 fully saturated rings. The fraction of sp³-hybridized carbons (Fsp3) is 0.125. The molecule has 0 amide bonds. The number of hydrogen-bond acceptors (Lipinski definition) is 4. The Balaban J connectivity index is 1.88. The highest BCUT2D eigenvalue weighted by molar-refractivity contribution is 7.16. The molecule has 20 heavy (non-hydrogen) atoms. The van der Waals surface area contributed by atoms with E-state index in [1.165, 1.54) is 5.69 Å². The Kier molecular flexibility index (Phi) is 3.48. The first-order valence-electron chi connectivity index (χ1n) is 6.38. The largest absolute Gasteiger partial charge is 0.378 e. The van der Waals surface area contributed by atoms with E-state index in [1.54, 1.807) is 17.5 Å². The van der Waals surface area contributed by atoms with Crippen LogP contribution in [-0.4, -0.2) is 25.3 Å². The lowest BCUT2D eigenvalue weighted by molar-refractivity contribution is 1.13. The van der Waals surface area contributed by atoms with Gasteiger partial charge < -0.3 is 4.90 Å². The van der Waals surface area contributed by atoms with Gasteiger partial charge in [-0.05, 0) is 35.2 Å². The van der Waals surface area contributed by atoms with E-state index >= 15 is 0 Å². The zero-order valence-electron chi connectivity index (χ0n) is 11.4. The Bertz CT molecular complexity index is 742. The topological polar surface area (TPSA) is 28.5 Å². The molecule has 3 rings (SSSR count). The highest BCUT2D eigenvalue weighted by Crippen LogP contribution is 2.27. The number of nitrogens with zero attached hydrogens (tertiary/aromatic N) is 3. The second-order valence-electron chi connectivity index (χ2n) is 4.71. The number of pyridine rings is 1. The molecule has 2 heterocycles. The molecule has 0 radical (unpaired) electrons. The normalized spacial score (nSPS) is 11.3. The number of fused-ring (bicyclic) bond motifs is 1. The predicted molar refractivity (Wildman–Crippen MR) is 87.6 cm³/mol. The van der Waals surface area contributed by atoms with Gasteiger partial charge in [0.1, 0.15) is 4.83 Å². The highest BCUT2D eigenvalue weighted by atomic mass is 32.1. The van der Waals surface area contributed by atoms with Crippen molar-refractivity contribution in [2.75, 3.05) is 19.0 Å². The van der Waals surface area contributed by atoms with Crippen molar-refractivity contribution in [3.8, 4) is 0 Å². The molecule has 3 nitrogen and oxygen atoms in total. The molecule has 0 spiro atoms. The molecule has 3 aromatic rings. The van der Waals surface area contributed by atoms with E-state index in [-0.39, 0.29) is 0 Å². The SMILES string of the molecule is CN(C)c1ccc(C=Nc2ccnc3sccc23)cc1. The molecule has 0 aliphatic heterocycles. The van der Waals surface area contributed by atoms with E-state index in [9.17, 15) is 0 Å². The van der Waals surface area contributed by atoms with Crippen LogP contribution in [0.3, 0.4) is 0 Å². The summed E-state index contributed by atoms with van der Waals surface area (Å²) in [6.45, 7) is 0. The zero-order valence-corrected chi connectivity index (χ0v) is 12.3. The second kappa shape index (κ2) is 5.43. The maximum Gasteiger partial charge on any atom is 0.125 e. The zero-order chi connectivity index (χ0) is 13.9. The number of thiophene rings is 1. The average Bonchev–Trinajstić information content (AvgIpc) is 2.94. The molecule has 0 saturated heterocycles. The van der Waals surface area contributed by atoms with Gasteiger partial charge in [-0.1, -0.05) is 12.1 Å². The van der Waals surface area contributed by atoms with Gasteiger partial charge in [0.15, 0.2) is 0 Å². The molecule has 0 atom stereocenters. The smallest absolute Gasteiger partial charge is 0.125 e. The van der Waals surface area contributed by atoms with Crippen molar-refractivity contribution in [1.82, 2.24) is 4.98 Å². The molecular weight excluding hydrogens is 266 g/mol. The van der Waals surface area contributed by atoms with Crippen LogP contribution in [0.1, 0.15) is 5.56 Å². The van der Waals surface area contributed by atoms with Gasteiger partial charge in [-0.2, -0.15) is 0 Å². The van der Waals surface area contributed by atoms with Crippen LogP contribution < -0.4 is 4.90 Å². The van der Waals surface area contributed by atoms with E-state index in [0.29, 0.717) is 0 Å². The highest BCUT2D eigenvalue weighted by Gasteiger charge is 2.00. The summed E-state index contributed by atoms with van der Waals surface area (Å²) in [7, 11) is 4.07.